The van der Waals surface area contributed by atoms with E-state index in [1.807, 2.05) is 14.0 Å². The summed E-state index contributed by atoms with van der Waals surface area (Å²) in [7, 11) is 2.03. The van der Waals surface area contributed by atoms with Crippen LogP contribution in [0.3, 0.4) is 0 Å². The number of carbonyl (C=O) groups is 4. The maximum atomic E-state index is 15.7. The summed E-state index contributed by atoms with van der Waals surface area (Å²) in [5.41, 5.74) is 0.976. The van der Waals surface area contributed by atoms with Crippen LogP contribution in [-0.4, -0.2) is 87.9 Å². The highest BCUT2D eigenvalue weighted by Crippen LogP contribution is 2.32. The zero-order chi connectivity index (χ0) is 34.5. The number of likely N-dealkylation sites (N-methyl/N-ethyl adjacent to an activating group) is 1. The standard InChI is InChI=1S/C35H51FN6O5/c1-8-27-32(40-47-39-27)33(45)38-31(23-12-10-21(3)11-13-23)28(43)19-25-15-14-24(18-26(25)36)22(4)30(37-29(44)9-2)34(46)42-17-16-41(7)35(5,6)20-42/h14-15,18,21-23,30-31H,8-13,16-17,19-20H2,1-7H3,(H,37,44)(H,38,45)/t21?,22-,23?,30+,31-/m0/s1. The highest BCUT2D eigenvalue weighted by molar-refractivity contribution is 5.97. The summed E-state index contributed by atoms with van der Waals surface area (Å²) in [6, 6.07) is 2.95. The van der Waals surface area contributed by atoms with Crippen molar-refractivity contribution >= 4 is 23.5 Å². The Labute approximate surface area is 277 Å². The van der Waals surface area contributed by atoms with Crippen LogP contribution in [0.4, 0.5) is 4.39 Å². The highest BCUT2D eigenvalue weighted by atomic mass is 19.1. The Morgan fingerprint density at radius 3 is 2.38 bits per heavy atom. The maximum Gasteiger partial charge on any atom is 0.276 e. The van der Waals surface area contributed by atoms with Crippen LogP contribution in [0.1, 0.15) is 107 Å². The summed E-state index contributed by atoms with van der Waals surface area (Å²) < 4.78 is 20.5. The van der Waals surface area contributed by atoms with Gasteiger partial charge in [0.1, 0.15) is 17.6 Å². The van der Waals surface area contributed by atoms with Crippen LogP contribution in [-0.2, 0) is 27.2 Å². The first-order valence-corrected chi connectivity index (χ1v) is 17.0. The number of nitrogens with zero attached hydrogens (tertiary/aromatic N) is 4. The first-order valence-electron chi connectivity index (χ1n) is 17.0. The van der Waals surface area contributed by atoms with Crippen LogP contribution in [0.25, 0.3) is 0 Å². The van der Waals surface area contributed by atoms with E-state index in [9.17, 15) is 19.2 Å². The quantitative estimate of drug-likeness (QED) is 0.350. The van der Waals surface area contributed by atoms with Gasteiger partial charge in [0, 0.05) is 43.9 Å². The van der Waals surface area contributed by atoms with E-state index in [4.69, 9.17) is 4.63 Å². The molecule has 1 saturated carbocycles. The molecule has 1 aliphatic heterocycles. The van der Waals surface area contributed by atoms with Crippen molar-refractivity contribution < 1.29 is 28.2 Å². The summed E-state index contributed by atoms with van der Waals surface area (Å²) >= 11 is 0. The second-order valence-corrected chi connectivity index (χ2v) is 14.1. The van der Waals surface area contributed by atoms with E-state index < -0.39 is 29.7 Å². The third-order valence-electron chi connectivity index (χ3n) is 10.3. The van der Waals surface area contributed by atoms with Crippen LogP contribution in [0, 0.1) is 17.7 Å². The molecule has 2 N–H and O–H groups in total. The number of halogens is 1. The molecule has 1 saturated heterocycles. The molecule has 12 heteroatoms. The van der Waals surface area contributed by atoms with Crippen molar-refractivity contribution in [1.82, 2.24) is 30.7 Å². The average molecular weight is 655 g/mol. The summed E-state index contributed by atoms with van der Waals surface area (Å²) in [5.74, 6) is -1.92. The van der Waals surface area contributed by atoms with Gasteiger partial charge < -0.3 is 15.5 Å². The molecule has 2 aliphatic rings. The highest BCUT2D eigenvalue weighted by Gasteiger charge is 2.39. The predicted octanol–water partition coefficient (Wildman–Crippen LogP) is 4.06. The largest absolute Gasteiger partial charge is 0.344 e. The van der Waals surface area contributed by atoms with Gasteiger partial charge in [0.15, 0.2) is 11.5 Å². The number of aryl methyl sites for hydroxylation is 1. The smallest absolute Gasteiger partial charge is 0.276 e. The normalized spacial score (nSPS) is 21.8. The first-order chi connectivity index (χ1) is 22.2. The number of aromatic nitrogens is 2. The van der Waals surface area contributed by atoms with E-state index in [0.29, 0.717) is 43.2 Å². The number of Topliss-reactive ketones (excluding diaryl/α,β-unsaturated/α-hetero) is 1. The van der Waals surface area contributed by atoms with Crippen molar-refractivity contribution in [3.63, 3.8) is 0 Å². The van der Waals surface area contributed by atoms with Gasteiger partial charge in [-0.05, 0) is 74.3 Å². The molecule has 2 fully saturated rings. The van der Waals surface area contributed by atoms with Crippen LogP contribution < -0.4 is 10.6 Å². The minimum Gasteiger partial charge on any atom is -0.344 e. The molecular formula is C35H51FN6O5. The monoisotopic (exact) mass is 654 g/mol. The van der Waals surface area contributed by atoms with Crippen molar-refractivity contribution in [2.24, 2.45) is 11.8 Å². The molecule has 4 rings (SSSR count). The van der Waals surface area contributed by atoms with Gasteiger partial charge in [-0.2, -0.15) is 0 Å². The van der Waals surface area contributed by atoms with Crippen LogP contribution in [0.2, 0.25) is 0 Å². The topological polar surface area (TPSA) is 138 Å². The van der Waals surface area contributed by atoms with E-state index in [0.717, 1.165) is 25.7 Å². The number of carbonyl (C=O) groups excluding carboxylic acids is 4. The van der Waals surface area contributed by atoms with Gasteiger partial charge in [-0.1, -0.05) is 57.8 Å². The Bertz CT molecular complexity index is 1440. The molecule has 0 bridgehead atoms. The lowest BCUT2D eigenvalue weighted by Crippen LogP contribution is -2.62. The summed E-state index contributed by atoms with van der Waals surface area (Å²) in [6.07, 6.45) is 3.89. The molecule has 0 radical (unpaired) electrons. The number of nitrogens with one attached hydrogen (secondary N) is 2. The fourth-order valence-corrected chi connectivity index (χ4v) is 6.68. The minimum absolute atomic E-state index is 0.0541. The van der Waals surface area contributed by atoms with Crippen LogP contribution in [0.15, 0.2) is 22.8 Å². The molecule has 1 aliphatic carbocycles. The fraction of sp³-hybridized carbons (Fsp3) is 0.657. The Hall–Kier alpha value is -3.67. The van der Waals surface area contributed by atoms with Crippen molar-refractivity contribution in [2.45, 2.75) is 110 Å². The van der Waals surface area contributed by atoms with E-state index in [-0.39, 0.29) is 53.2 Å². The third-order valence-corrected chi connectivity index (χ3v) is 10.3. The van der Waals surface area contributed by atoms with Gasteiger partial charge in [0.25, 0.3) is 5.91 Å². The number of hydrogen-bond donors (Lipinski definition) is 2. The number of rotatable bonds is 12. The lowest BCUT2D eigenvalue weighted by molar-refractivity contribution is -0.140. The second kappa shape index (κ2) is 15.5. The lowest BCUT2D eigenvalue weighted by atomic mass is 9.77. The average Bonchev–Trinajstić information content (AvgIpc) is 3.53. The Balaban J connectivity index is 1.53. The predicted molar refractivity (Wildman–Crippen MR) is 175 cm³/mol. The number of amides is 3. The molecule has 1 aromatic heterocycles. The summed E-state index contributed by atoms with van der Waals surface area (Å²) in [6.45, 7) is 13.4. The number of ketones is 1. The molecule has 2 aromatic rings. The van der Waals surface area contributed by atoms with Crippen LogP contribution in [0.5, 0.6) is 0 Å². The SMILES string of the molecule is CCC(=O)N[C@@H](C(=O)N1CCN(C)C(C)(C)C1)[C@@H](C)c1ccc(CC(=O)[C@@H](NC(=O)c2nonc2CC)C2CCC(C)CC2)c(F)c1. The molecule has 3 atom stereocenters. The molecule has 11 nitrogen and oxygen atoms in total. The van der Waals surface area contributed by atoms with E-state index >= 15 is 4.39 Å². The molecule has 2 heterocycles. The first kappa shape index (κ1) is 36.2. The minimum atomic E-state index is -0.874. The summed E-state index contributed by atoms with van der Waals surface area (Å²) in [5, 5.41) is 13.3. The van der Waals surface area contributed by atoms with Gasteiger partial charge >= 0.3 is 0 Å². The zero-order valence-electron chi connectivity index (χ0n) is 28.9. The zero-order valence-corrected chi connectivity index (χ0v) is 28.9. The molecule has 0 spiro atoms. The fourth-order valence-electron chi connectivity index (χ4n) is 6.68. The Kier molecular flexibility index (Phi) is 11.9. The second-order valence-electron chi connectivity index (χ2n) is 14.1. The van der Waals surface area contributed by atoms with Gasteiger partial charge in [-0.3, -0.25) is 24.1 Å². The van der Waals surface area contributed by atoms with Crippen molar-refractivity contribution in [2.75, 3.05) is 26.7 Å². The summed E-state index contributed by atoms with van der Waals surface area (Å²) in [4.78, 5) is 57.3. The van der Waals surface area contributed by atoms with E-state index in [1.165, 1.54) is 6.07 Å². The lowest BCUT2D eigenvalue weighted by Gasteiger charge is -2.46. The van der Waals surface area contributed by atoms with Gasteiger partial charge in [-0.25, -0.2) is 9.02 Å². The van der Waals surface area contributed by atoms with Gasteiger partial charge in [-0.15, -0.1) is 0 Å². The van der Waals surface area contributed by atoms with Crippen LogP contribution >= 0.6 is 0 Å². The molecular weight excluding hydrogens is 603 g/mol. The van der Waals surface area contributed by atoms with Gasteiger partial charge in [0.2, 0.25) is 11.8 Å². The van der Waals surface area contributed by atoms with Crippen molar-refractivity contribution in [1.29, 1.82) is 0 Å². The van der Waals surface area contributed by atoms with Crippen molar-refractivity contribution in [3.05, 3.63) is 46.5 Å². The van der Waals surface area contributed by atoms with E-state index in [1.54, 1.807) is 30.9 Å². The number of piperazine rings is 1. The Morgan fingerprint density at radius 1 is 1.06 bits per heavy atom. The van der Waals surface area contributed by atoms with E-state index in [2.05, 4.69) is 46.6 Å². The number of benzene rings is 1. The Morgan fingerprint density at radius 2 is 1.77 bits per heavy atom. The van der Waals surface area contributed by atoms with Crippen molar-refractivity contribution in [3.8, 4) is 0 Å². The number of hydrogen-bond acceptors (Lipinski definition) is 8. The van der Waals surface area contributed by atoms with Gasteiger partial charge in [0.05, 0.1) is 6.04 Å². The third kappa shape index (κ3) is 8.63. The molecule has 47 heavy (non-hydrogen) atoms. The molecule has 258 valence electrons. The maximum absolute atomic E-state index is 15.7. The molecule has 1 aromatic carbocycles. The molecule has 3 amide bonds. The molecule has 0 unspecified atom stereocenters.